The Hall–Kier alpha value is -5.07. The van der Waals surface area contributed by atoms with Crippen LogP contribution in [0.25, 0.3) is 21.8 Å². The lowest BCUT2D eigenvalue weighted by molar-refractivity contribution is -0.142. The SMILES string of the molecule is N[C@@H](CS)C(=O)N[C@@H](Cc1c[nH]c2ccccc12)C(=O)N[C@@H](Cc1ccccc1)C(=O)N[C@@H](Cc1c[nH]c2ccccc12)C(=O)O. The van der Waals surface area contributed by atoms with E-state index in [1.807, 2.05) is 78.9 Å². The minimum atomic E-state index is -1.27. The molecule has 0 aliphatic rings. The highest BCUT2D eigenvalue weighted by molar-refractivity contribution is 7.80. The van der Waals surface area contributed by atoms with E-state index in [0.29, 0.717) is 0 Å². The molecule has 2 aromatic heterocycles. The maximum absolute atomic E-state index is 13.9. The molecule has 3 amide bonds. The molecular weight excluding hydrogens is 604 g/mol. The quantitative estimate of drug-likeness (QED) is 0.0863. The van der Waals surface area contributed by atoms with E-state index in [9.17, 15) is 24.3 Å². The zero-order valence-corrected chi connectivity index (χ0v) is 25.8. The number of aromatic amines is 2. The highest BCUT2D eigenvalue weighted by Crippen LogP contribution is 2.21. The molecule has 12 heteroatoms. The van der Waals surface area contributed by atoms with Gasteiger partial charge >= 0.3 is 5.97 Å². The van der Waals surface area contributed by atoms with Crippen LogP contribution < -0.4 is 21.7 Å². The van der Waals surface area contributed by atoms with Gasteiger partial charge in [0.25, 0.3) is 0 Å². The third kappa shape index (κ3) is 7.76. The first-order valence-electron chi connectivity index (χ1n) is 14.9. The monoisotopic (exact) mass is 640 g/mol. The van der Waals surface area contributed by atoms with E-state index in [1.165, 1.54) is 0 Å². The van der Waals surface area contributed by atoms with E-state index in [1.54, 1.807) is 12.4 Å². The molecule has 3 aromatic carbocycles. The summed E-state index contributed by atoms with van der Waals surface area (Å²) in [5, 5.41) is 19.9. The number of carboxylic acid groups (broad SMARTS) is 1. The molecule has 4 atom stereocenters. The van der Waals surface area contributed by atoms with Crippen LogP contribution in [-0.2, 0) is 38.4 Å². The second kappa shape index (κ2) is 14.8. The van der Waals surface area contributed by atoms with E-state index in [2.05, 4.69) is 38.5 Å². The third-order valence-electron chi connectivity index (χ3n) is 7.89. The maximum Gasteiger partial charge on any atom is 0.326 e. The summed E-state index contributed by atoms with van der Waals surface area (Å²) in [6.45, 7) is 0. The molecule has 0 spiro atoms. The van der Waals surface area contributed by atoms with E-state index in [0.717, 1.165) is 38.5 Å². The highest BCUT2D eigenvalue weighted by Gasteiger charge is 2.31. The number of H-pyrrole nitrogens is 2. The lowest BCUT2D eigenvalue weighted by Crippen LogP contribution is -2.58. The summed E-state index contributed by atoms with van der Waals surface area (Å²) in [7, 11) is 0. The molecule has 238 valence electrons. The number of para-hydroxylation sites is 2. The van der Waals surface area contributed by atoms with Crippen LogP contribution in [0.1, 0.15) is 16.7 Å². The summed E-state index contributed by atoms with van der Waals surface area (Å²) in [5.41, 5.74) is 9.89. The number of hydrogen-bond donors (Lipinski definition) is 8. The first-order chi connectivity index (χ1) is 22.2. The average molecular weight is 641 g/mol. The lowest BCUT2D eigenvalue weighted by atomic mass is 10.0. The summed E-state index contributed by atoms with van der Waals surface area (Å²) in [6.07, 6.45) is 3.72. The molecule has 0 bridgehead atoms. The van der Waals surface area contributed by atoms with Gasteiger partial charge in [0.15, 0.2) is 0 Å². The van der Waals surface area contributed by atoms with E-state index in [4.69, 9.17) is 5.73 Å². The van der Waals surface area contributed by atoms with Crippen LogP contribution in [0, 0.1) is 0 Å². The summed E-state index contributed by atoms with van der Waals surface area (Å²) in [5.74, 6) is -3.00. The van der Waals surface area contributed by atoms with Crippen molar-refractivity contribution in [3.05, 3.63) is 108 Å². The lowest BCUT2D eigenvalue weighted by Gasteiger charge is -2.25. The van der Waals surface area contributed by atoms with Crippen molar-refractivity contribution in [2.24, 2.45) is 5.73 Å². The second-order valence-corrected chi connectivity index (χ2v) is 11.5. The van der Waals surface area contributed by atoms with Crippen molar-refractivity contribution >= 4 is 58.1 Å². The molecule has 0 fully saturated rings. The molecule has 5 aromatic rings. The van der Waals surface area contributed by atoms with Crippen LogP contribution in [0.5, 0.6) is 0 Å². The molecular formula is C34H36N6O5S. The van der Waals surface area contributed by atoms with Crippen LogP contribution in [0.3, 0.4) is 0 Å². The smallest absolute Gasteiger partial charge is 0.326 e. The highest BCUT2D eigenvalue weighted by atomic mass is 32.1. The predicted molar refractivity (Wildman–Crippen MR) is 179 cm³/mol. The summed E-state index contributed by atoms with van der Waals surface area (Å²) in [4.78, 5) is 59.1. The number of benzene rings is 3. The molecule has 5 rings (SSSR count). The van der Waals surface area contributed by atoms with Gasteiger partial charge in [-0.1, -0.05) is 66.7 Å². The third-order valence-corrected chi connectivity index (χ3v) is 8.29. The van der Waals surface area contributed by atoms with Gasteiger partial charge < -0.3 is 36.8 Å². The predicted octanol–water partition coefficient (Wildman–Crippen LogP) is 2.47. The van der Waals surface area contributed by atoms with Crippen molar-refractivity contribution in [3.63, 3.8) is 0 Å². The fraction of sp³-hybridized carbons (Fsp3) is 0.235. The van der Waals surface area contributed by atoms with Crippen molar-refractivity contribution in [2.75, 3.05) is 5.75 Å². The zero-order valence-electron chi connectivity index (χ0n) is 24.9. The van der Waals surface area contributed by atoms with Crippen molar-refractivity contribution in [2.45, 2.75) is 43.4 Å². The Morgan fingerprint density at radius 2 is 1.11 bits per heavy atom. The van der Waals surface area contributed by atoms with Gasteiger partial charge in [-0.15, -0.1) is 0 Å². The normalized spacial score (nSPS) is 13.9. The number of nitrogens with two attached hydrogens (primary N) is 1. The average Bonchev–Trinajstić information content (AvgIpc) is 3.67. The number of carbonyl (C=O) groups is 4. The molecule has 0 aliphatic carbocycles. The zero-order chi connectivity index (χ0) is 32.6. The van der Waals surface area contributed by atoms with Gasteiger partial charge in [0.05, 0.1) is 6.04 Å². The van der Waals surface area contributed by atoms with Crippen molar-refractivity contribution in [3.8, 4) is 0 Å². The molecule has 2 heterocycles. The number of hydrogen-bond acceptors (Lipinski definition) is 6. The fourth-order valence-electron chi connectivity index (χ4n) is 5.42. The Morgan fingerprint density at radius 3 is 1.65 bits per heavy atom. The van der Waals surface area contributed by atoms with Gasteiger partial charge in [0.1, 0.15) is 18.1 Å². The van der Waals surface area contributed by atoms with Crippen LogP contribution in [-0.4, -0.2) is 68.7 Å². The summed E-state index contributed by atoms with van der Waals surface area (Å²) < 4.78 is 0. The Balaban J connectivity index is 1.39. The minimum absolute atomic E-state index is 0.0257. The molecule has 11 nitrogen and oxygen atoms in total. The standard InChI is InChI=1S/C34H36N6O5S/c35-25(19-46)31(41)38-29(15-21-17-36-26-12-6-4-10-23(21)26)33(43)39-28(14-20-8-2-1-3-9-20)32(42)40-30(34(44)45)16-22-18-37-27-13-7-5-11-24(22)27/h1-13,17-18,25,28-30,36-37,46H,14-16,19,35H2,(H,38,41)(H,39,43)(H,40,42)(H,44,45)/t25-,28-,29-,30-/m0/s1. The topological polar surface area (TPSA) is 182 Å². The number of fused-ring (bicyclic) bond motifs is 2. The number of amides is 3. The number of carboxylic acids is 1. The Bertz CT molecular complexity index is 1840. The minimum Gasteiger partial charge on any atom is -0.480 e. The number of carbonyl (C=O) groups excluding carboxylic acids is 3. The van der Waals surface area contributed by atoms with E-state index >= 15 is 0 Å². The van der Waals surface area contributed by atoms with Crippen LogP contribution >= 0.6 is 12.6 Å². The molecule has 0 saturated heterocycles. The number of aromatic nitrogens is 2. The number of nitrogens with one attached hydrogen (secondary N) is 5. The summed E-state index contributed by atoms with van der Waals surface area (Å²) >= 11 is 4.11. The first-order valence-corrected chi connectivity index (χ1v) is 15.5. The van der Waals surface area contributed by atoms with Gasteiger partial charge in [0, 0.05) is 59.2 Å². The maximum atomic E-state index is 13.9. The second-order valence-electron chi connectivity index (χ2n) is 11.1. The molecule has 0 radical (unpaired) electrons. The van der Waals surface area contributed by atoms with Crippen LogP contribution in [0.15, 0.2) is 91.3 Å². The van der Waals surface area contributed by atoms with Crippen molar-refractivity contribution < 1.29 is 24.3 Å². The van der Waals surface area contributed by atoms with Gasteiger partial charge in [-0.2, -0.15) is 12.6 Å². The molecule has 0 aliphatic heterocycles. The van der Waals surface area contributed by atoms with Gasteiger partial charge in [-0.3, -0.25) is 14.4 Å². The molecule has 0 saturated carbocycles. The Morgan fingerprint density at radius 1 is 0.652 bits per heavy atom. The Labute approximate surface area is 270 Å². The largest absolute Gasteiger partial charge is 0.480 e. The van der Waals surface area contributed by atoms with Crippen LogP contribution in [0.2, 0.25) is 0 Å². The first kappa shape index (κ1) is 32.3. The van der Waals surface area contributed by atoms with Gasteiger partial charge in [0.2, 0.25) is 17.7 Å². The number of thiol groups is 1. The molecule has 8 N–H and O–H groups in total. The number of rotatable bonds is 14. The van der Waals surface area contributed by atoms with E-state index < -0.39 is 47.9 Å². The summed E-state index contributed by atoms with van der Waals surface area (Å²) in [6, 6.07) is 19.7. The molecule has 46 heavy (non-hydrogen) atoms. The van der Waals surface area contributed by atoms with E-state index in [-0.39, 0.29) is 25.0 Å². The molecule has 0 unspecified atom stereocenters. The van der Waals surface area contributed by atoms with Crippen molar-refractivity contribution in [1.29, 1.82) is 0 Å². The van der Waals surface area contributed by atoms with Crippen molar-refractivity contribution in [1.82, 2.24) is 25.9 Å². The van der Waals surface area contributed by atoms with Gasteiger partial charge in [-0.25, -0.2) is 4.79 Å². The number of aliphatic carboxylic acids is 1. The van der Waals surface area contributed by atoms with Gasteiger partial charge in [-0.05, 0) is 28.8 Å². The fourth-order valence-corrected chi connectivity index (χ4v) is 5.58. The Kier molecular flexibility index (Phi) is 10.4. The van der Waals surface area contributed by atoms with Crippen LogP contribution in [0.4, 0.5) is 0 Å².